The van der Waals surface area contributed by atoms with Gasteiger partial charge in [-0.15, -0.1) is 0 Å². The summed E-state index contributed by atoms with van der Waals surface area (Å²) in [5.41, 5.74) is 4.12. The molecule has 0 spiro atoms. The number of aromatic nitrogens is 1. The second-order valence-corrected chi connectivity index (χ2v) is 3.79. The fourth-order valence-corrected chi connectivity index (χ4v) is 1.20. The van der Waals surface area contributed by atoms with Gasteiger partial charge in [-0.1, -0.05) is 19.0 Å². The minimum Gasteiger partial charge on any atom is -0.381 e. The summed E-state index contributed by atoms with van der Waals surface area (Å²) in [6, 6.07) is 1.31. The Hall–Kier alpha value is -1.20. The van der Waals surface area contributed by atoms with Crippen molar-refractivity contribution < 1.29 is 17.7 Å². The van der Waals surface area contributed by atoms with Crippen molar-refractivity contribution in [3.05, 3.63) is 11.8 Å². The van der Waals surface area contributed by atoms with Gasteiger partial charge in [0.1, 0.15) is 5.76 Å². The van der Waals surface area contributed by atoms with E-state index in [-0.39, 0.29) is 11.6 Å². The number of nitrogens with zero attached hydrogens (tertiary/aromatic N) is 1. The third-order valence-electron chi connectivity index (χ3n) is 1.84. The molecule has 0 atom stereocenters. The molecule has 0 saturated heterocycles. The smallest absolute Gasteiger partial charge is 0.381 e. The van der Waals surface area contributed by atoms with Crippen molar-refractivity contribution in [3.8, 4) is 0 Å². The minimum absolute atomic E-state index is 0.0928. The van der Waals surface area contributed by atoms with E-state index in [1.54, 1.807) is 0 Å². The number of nitrogens with two attached hydrogens (primary N) is 1. The second kappa shape index (κ2) is 3.18. The maximum absolute atomic E-state index is 12.2. The number of nitrogen functional groups attached to an aromatic ring is 1. The van der Waals surface area contributed by atoms with Crippen LogP contribution in [0.15, 0.2) is 10.6 Å². The lowest BCUT2D eigenvalue weighted by molar-refractivity contribution is -0.147. The third-order valence-corrected chi connectivity index (χ3v) is 1.84. The molecule has 6 heteroatoms. The van der Waals surface area contributed by atoms with Crippen LogP contribution in [-0.4, -0.2) is 11.3 Å². The Morgan fingerprint density at radius 1 is 1.43 bits per heavy atom. The average Bonchev–Trinajstić information content (AvgIpc) is 2.29. The predicted octanol–water partition coefficient (Wildman–Crippen LogP) is 2.49. The van der Waals surface area contributed by atoms with Crippen LogP contribution < -0.4 is 5.73 Å². The molecule has 0 aromatic carbocycles. The average molecular weight is 208 g/mol. The Bertz CT molecular complexity index is 317. The molecule has 0 bridgehead atoms. The summed E-state index contributed by atoms with van der Waals surface area (Å²) in [6.45, 7) is 2.86. The highest BCUT2D eigenvalue weighted by atomic mass is 19.4. The molecular formula is C8H11F3N2O. The molecule has 0 radical (unpaired) electrons. The van der Waals surface area contributed by atoms with E-state index < -0.39 is 18.0 Å². The molecular weight excluding hydrogens is 197 g/mol. The lowest BCUT2D eigenvalue weighted by Gasteiger charge is -2.22. The first kappa shape index (κ1) is 10.9. The van der Waals surface area contributed by atoms with E-state index in [9.17, 15) is 13.2 Å². The van der Waals surface area contributed by atoms with Gasteiger partial charge in [-0.25, -0.2) is 0 Å². The minimum atomic E-state index is -4.23. The fraction of sp³-hybridized carbons (Fsp3) is 0.625. The number of halogens is 3. The van der Waals surface area contributed by atoms with E-state index in [2.05, 4.69) is 5.16 Å². The van der Waals surface area contributed by atoms with E-state index in [1.807, 2.05) is 0 Å². The highest BCUT2D eigenvalue weighted by Gasteiger charge is 2.39. The van der Waals surface area contributed by atoms with Crippen LogP contribution in [0.1, 0.15) is 26.0 Å². The molecule has 0 unspecified atom stereocenters. The summed E-state index contributed by atoms with van der Waals surface area (Å²) in [7, 11) is 0. The molecule has 1 heterocycles. The molecule has 2 N–H and O–H groups in total. The van der Waals surface area contributed by atoms with Crippen LogP contribution in [-0.2, 0) is 5.41 Å². The van der Waals surface area contributed by atoms with Gasteiger partial charge in [0.05, 0.1) is 6.42 Å². The summed E-state index contributed by atoms with van der Waals surface area (Å²) in [6.07, 6.45) is -5.19. The monoisotopic (exact) mass is 208 g/mol. The molecule has 1 aromatic heterocycles. The molecule has 0 aliphatic carbocycles. The van der Waals surface area contributed by atoms with Gasteiger partial charge in [-0.3, -0.25) is 0 Å². The van der Waals surface area contributed by atoms with Gasteiger partial charge in [-0.2, -0.15) is 13.2 Å². The van der Waals surface area contributed by atoms with Crippen LogP contribution in [0.2, 0.25) is 0 Å². The molecule has 1 aromatic rings. The molecule has 14 heavy (non-hydrogen) atoms. The Kier molecular flexibility index (Phi) is 2.47. The van der Waals surface area contributed by atoms with Crippen LogP contribution in [0.25, 0.3) is 0 Å². The second-order valence-electron chi connectivity index (χ2n) is 3.79. The van der Waals surface area contributed by atoms with Gasteiger partial charge in [0, 0.05) is 11.5 Å². The van der Waals surface area contributed by atoms with E-state index in [4.69, 9.17) is 10.3 Å². The summed E-state index contributed by atoms with van der Waals surface area (Å²) < 4.78 is 41.2. The van der Waals surface area contributed by atoms with Crippen molar-refractivity contribution >= 4 is 5.82 Å². The zero-order chi connectivity index (χ0) is 11.0. The normalized spacial score (nSPS) is 13.2. The Morgan fingerprint density at radius 2 is 2.00 bits per heavy atom. The first-order valence-corrected chi connectivity index (χ1v) is 4.00. The predicted molar refractivity (Wildman–Crippen MR) is 44.6 cm³/mol. The van der Waals surface area contributed by atoms with E-state index in [0.717, 1.165) is 0 Å². The molecule has 1 rings (SSSR count). The Labute approximate surface area is 79.1 Å². The third kappa shape index (κ3) is 2.65. The first-order chi connectivity index (χ1) is 6.21. The van der Waals surface area contributed by atoms with Crippen molar-refractivity contribution in [2.45, 2.75) is 31.9 Å². The molecule has 0 aliphatic rings. The van der Waals surface area contributed by atoms with Crippen molar-refractivity contribution in [2.24, 2.45) is 0 Å². The molecule has 0 amide bonds. The van der Waals surface area contributed by atoms with Crippen molar-refractivity contribution in [2.75, 3.05) is 5.73 Å². The van der Waals surface area contributed by atoms with Gasteiger partial charge in [0.15, 0.2) is 5.82 Å². The van der Waals surface area contributed by atoms with E-state index in [1.165, 1.54) is 19.9 Å². The molecule has 0 fully saturated rings. The van der Waals surface area contributed by atoms with Crippen molar-refractivity contribution in [3.63, 3.8) is 0 Å². The fourth-order valence-electron chi connectivity index (χ4n) is 1.20. The van der Waals surface area contributed by atoms with Crippen molar-refractivity contribution in [1.82, 2.24) is 5.16 Å². The highest BCUT2D eigenvalue weighted by molar-refractivity contribution is 5.29. The molecule has 0 aliphatic heterocycles. The number of anilines is 1. The first-order valence-electron chi connectivity index (χ1n) is 4.00. The number of hydrogen-bond acceptors (Lipinski definition) is 3. The summed E-state index contributed by atoms with van der Waals surface area (Å²) >= 11 is 0. The van der Waals surface area contributed by atoms with Crippen LogP contribution in [0.5, 0.6) is 0 Å². The summed E-state index contributed by atoms with van der Waals surface area (Å²) in [4.78, 5) is 0. The number of alkyl halides is 3. The largest absolute Gasteiger partial charge is 0.390 e. The number of rotatable bonds is 2. The van der Waals surface area contributed by atoms with E-state index >= 15 is 0 Å². The van der Waals surface area contributed by atoms with Crippen LogP contribution in [0.3, 0.4) is 0 Å². The van der Waals surface area contributed by atoms with Gasteiger partial charge in [-0.05, 0) is 0 Å². The van der Waals surface area contributed by atoms with Gasteiger partial charge >= 0.3 is 6.18 Å². The van der Waals surface area contributed by atoms with E-state index in [0.29, 0.717) is 0 Å². The van der Waals surface area contributed by atoms with Crippen LogP contribution in [0, 0.1) is 0 Å². The Morgan fingerprint density at radius 3 is 2.36 bits per heavy atom. The zero-order valence-electron chi connectivity index (χ0n) is 7.85. The van der Waals surface area contributed by atoms with Crippen LogP contribution >= 0.6 is 0 Å². The lowest BCUT2D eigenvalue weighted by Crippen LogP contribution is -2.25. The van der Waals surface area contributed by atoms with Crippen LogP contribution in [0.4, 0.5) is 19.0 Å². The number of hydrogen-bond donors (Lipinski definition) is 1. The maximum atomic E-state index is 12.2. The lowest BCUT2D eigenvalue weighted by atomic mass is 9.86. The van der Waals surface area contributed by atoms with Gasteiger partial charge in [0.2, 0.25) is 0 Å². The SMILES string of the molecule is CC(C)(CC(F)(F)F)c1cc(N)no1. The van der Waals surface area contributed by atoms with Gasteiger partial charge in [0.25, 0.3) is 0 Å². The Balaban J connectivity index is 2.85. The van der Waals surface area contributed by atoms with Gasteiger partial charge < -0.3 is 10.3 Å². The quantitative estimate of drug-likeness (QED) is 0.812. The standard InChI is InChI=1S/C8H11F3N2O/c1-7(2,4-8(9,10)11)5-3-6(12)13-14-5/h3H,4H2,1-2H3,(H2,12,13). The highest BCUT2D eigenvalue weighted by Crippen LogP contribution is 2.36. The zero-order valence-corrected chi connectivity index (χ0v) is 7.85. The maximum Gasteiger partial charge on any atom is 0.390 e. The van der Waals surface area contributed by atoms with Crippen molar-refractivity contribution in [1.29, 1.82) is 0 Å². The topological polar surface area (TPSA) is 52.0 Å². The molecule has 80 valence electrons. The molecule has 3 nitrogen and oxygen atoms in total. The summed E-state index contributed by atoms with van der Waals surface area (Å²) in [5.74, 6) is 0.238. The summed E-state index contributed by atoms with van der Waals surface area (Å²) in [5, 5.41) is 3.35. The molecule has 0 saturated carbocycles.